The Labute approximate surface area is 122 Å². The zero-order valence-corrected chi connectivity index (χ0v) is 12.7. The lowest BCUT2D eigenvalue weighted by Gasteiger charge is -2.31. The van der Waals surface area contributed by atoms with Crippen LogP contribution in [0.1, 0.15) is 24.8 Å². The van der Waals surface area contributed by atoms with E-state index < -0.39 is 10.0 Å². The minimum atomic E-state index is -3.13. The Bertz CT molecular complexity index is 525. The van der Waals surface area contributed by atoms with Crippen LogP contribution in [0.25, 0.3) is 0 Å². The Morgan fingerprint density at radius 2 is 2.05 bits per heavy atom. The van der Waals surface area contributed by atoms with E-state index in [2.05, 4.69) is 30.8 Å². The Kier molecular flexibility index (Phi) is 5.38. The molecule has 1 aromatic carbocycles. The SMILES string of the molecule is C=CCS(=O)(=O)N1CCC[C@@H](CCc2ccccc2)C1. The van der Waals surface area contributed by atoms with E-state index in [9.17, 15) is 8.42 Å². The zero-order valence-electron chi connectivity index (χ0n) is 11.9. The number of hydrogen-bond acceptors (Lipinski definition) is 2. The zero-order chi connectivity index (χ0) is 14.4. The summed E-state index contributed by atoms with van der Waals surface area (Å²) in [6.07, 6.45) is 5.66. The van der Waals surface area contributed by atoms with E-state index in [1.165, 1.54) is 11.6 Å². The molecule has 0 bridgehead atoms. The lowest BCUT2D eigenvalue weighted by Crippen LogP contribution is -2.40. The molecule has 0 spiro atoms. The Morgan fingerprint density at radius 3 is 2.75 bits per heavy atom. The quantitative estimate of drug-likeness (QED) is 0.756. The average Bonchev–Trinajstić information content (AvgIpc) is 2.46. The van der Waals surface area contributed by atoms with Crippen LogP contribution in [0, 0.1) is 5.92 Å². The average molecular weight is 293 g/mol. The molecule has 0 aromatic heterocycles. The number of nitrogens with zero attached hydrogens (tertiary/aromatic N) is 1. The van der Waals surface area contributed by atoms with Crippen LogP contribution >= 0.6 is 0 Å². The third kappa shape index (κ3) is 4.18. The first-order valence-corrected chi connectivity index (χ1v) is 8.85. The molecule has 1 saturated heterocycles. The second-order valence-corrected chi connectivity index (χ2v) is 7.47. The van der Waals surface area contributed by atoms with Gasteiger partial charge in [-0.1, -0.05) is 36.4 Å². The van der Waals surface area contributed by atoms with E-state index in [0.717, 1.165) is 25.7 Å². The maximum atomic E-state index is 12.1. The molecule has 1 aliphatic rings. The van der Waals surface area contributed by atoms with E-state index >= 15 is 0 Å². The number of benzene rings is 1. The predicted molar refractivity (Wildman–Crippen MR) is 83.0 cm³/mol. The smallest absolute Gasteiger partial charge is 0.212 e. The summed E-state index contributed by atoms with van der Waals surface area (Å²) in [6, 6.07) is 10.4. The van der Waals surface area contributed by atoms with Crippen LogP contribution in [0.15, 0.2) is 43.0 Å². The van der Waals surface area contributed by atoms with Gasteiger partial charge in [-0.15, -0.1) is 6.58 Å². The van der Waals surface area contributed by atoms with Gasteiger partial charge in [0.15, 0.2) is 0 Å². The maximum absolute atomic E-state index is 12.1. The van der Waals surface area contributed by atoms with Gasteiger partial charge in [-0.25, -0.2) is 12.7 Å². The summed E-state index contributed by atoms with van der Waals surface area (Å²) in [5, 5.41) is 0. The number of sulfonamides is 1. The molecule has 1 heterocycles. The van der Waals surface area contributed by atoms with Crippen LogP contribution in [0.3, 0.4) is 0 Å². The van der Waals surface area contributed by atoms with E-state index in [-0.39, 0.29) is 5.75 Å². The normalized spacial score (nSPS) is 20.7. The molecule has 0 aliphatic carbocycles. The molecule has 3 nitrogen and oxygen atoms in total. The molecule has 0 N–H and O–H groups in total. The van der Waals surface area contributed by atoms with Crippen LogP contribution < -0.4 is 0 Å². The van der Waals surface area contributed by atoms with Gasteiger partial charge < -0.3 is 0 Å². The fourth-order valence-corrected chi connectivity index (χ4v) is 4.14. The van der Waals surface area contributed by atoms with Gasteiger partial charge in [-0.05, 0) is 37.2 Å². The van der Waals surface area contributed by atoms with Crippen molar-refractivity contribution in [3.8, 4) is 0 Å². The second-order valence-electron chi connectivity index (χ2n) is 5.46. The molecular formula is C16H23NO2S. The van der Waals surface area contributed by atoms with E-state index in [4.69, 9.17) is 0 Å². The van der Waals surface area contributed by atoms with Crippen LogP contribution in [-0.4, -0.2) is 31.6 Å². The van der Waals surface area contributed by atoms with Gasteiger partial charge >= 0.3 is 0 Å². The topological polar surface area (TPSA) is 37.4 Å². The minimum absolute atomic E-state index is 0.0540. The summed E-state index contributed by atoms with van der Waals surface area (Å²) in [7, 11) is -3.13. The Balaban J connectivity index is 1.89. The lowest BCUT2D eigenvalue weighted by atomic mass is 9.93. The van der Waals surface area contributed by atoms with Crippen LogP contribution in [0.2, 0.25) is 0 Å². The fraction of sp³-hybridized carbons (Fsp3) is 0.500. The summed E-state index contributed by atoms with van der Waals surface area (Å²) in [6.45, 7) is 4.86. The third-order valence-electron chi connectivity index (χ3n) is 3.89. The molecule has 0 saturated carbocycles. The molecule has 110 valence electrons. The van der Waals surface area contributed by atoms with E-state index in [1.807, 2.05) is 6.07 Å². The van der Waals surface area contributed by atoms with Gasteiger partial charge in [0.2, 0.25) is 10.0 Å². The summed E-state index contributed by atoms with van der Waals surface area (Å²) < 4.78 is 25.8. The summed E-state index contributed by atoms with van der Waals surface area (Å²) in [5.41, 5.74) is 1.33. The largest absolute Gasteiger partial charge is 0.217 e. The van der Waals surface area contributed by atoms with Crippen molar-refractivity contribution < 1.29 is 8.42 Å². The third-order valence-corrected chi connectivity index (χ3v) is 5.66. The van der Waals surface area contributed by atoms with Crippen molar-refractivity contribution in [2.45, 2.75) is 25.7 Å². The standard InChI is InChI=1S/C16H23NO2S/c1-2-13-20(18,19)17-12-6-9-16(14-17)11-10-15-7-4-3-5-8-15/h2-5,7-8,16H,1,6,9-14H2/t16-/m0/s1. The van der Waals surface area contributed by atoms with Gasteiger partial charge in [0.1, 0.15) is 0 Å². The highest BCUT2D eigenvalue weighted by Crippen LogP contribution is 2.23. The molecular weight excluding hydrogens is 270 g/mol. The van der Waals surface area contributed by atoms with Crippen molar-refractivity contribution in [1.29, 1.82) is 0 Å². The highest BCUT2D eigenvalue weighted by Gasteiger charge is 2.27. The van der Waals surface area contributed by atoms with Crippen LogP contribution in [0.4, 0.5) is 0 Å². The molecule has 20 heavy (non-hydrogen) atoms. The first-order valence-electron chi connectivity index (χ1n) is 7.24. The van der Waals surface area contributed by atoms with E-state index in [1.54, 1.807) is 4.31 Å². The molecule has 1 atom stereocenters. The molecule has 1 fully saturated rings. The molecule has 4 heteroatoms. The number of piperidine rings is 1. The van der Waals surface area contributed by atoms with Crippen molar-refractivity contribution in [2.75, 3.05) is 18.8 Å². The monoisotopic (exact) mass is 293 g/mol. The molecule has 0 radical (unpaired) electrons. The lowest BCUT2D eigenvalue weighted by molar-refractivity contribution is 0.256. The van der Waals surface area contributed by atoms with E-state index in [0.29, 0.717) is 19.0 Å². The highest BCUT2D eigenvalue weighted by atomic mass is 32.2. The van der Waals surface area contributed by atoms with Gasteiger partial charge in [0.25, 0.3) is 0 Å². The Hall–Kier alpha value is -1.13. The van der Waals surface area contributed by atoms with Crippen molar-refractivity contribution in [2.24, 2.45) is 5.92 Å². The first-order chi connectivity index (χ1) is 9.62. The Morgan fingerprint density at radius 1 is 1.30 bits per heavy atom. The molecule has 1 aromatic rings. The van der Waals surface area contributed by atoms with Crippen molar-refractivity contribution >= 4 is 10.0 Å². The number of aryl methyl sites for hydroxylation is 1. The predicted octanol–water partition coefficient (Wildman–Crippen LogP) is 2.85. The van der Waals surface area contributed by atoms with Gasteiger partial charge in [0, 0.05) is 13.1 Å². The van der Waals surface area contributed by atoms with Crippen molar-refractivity contribution in [3.63, 3.8) is 0 Å². The second kappa shape index (κ2) is 7.04. The number of hydrogen-bond donors (Lipinski definition) is 0. The maximum Gasteiger partial charge on any atom is 0.217 e. The van der Waals surface area contributed by atoms with Gasteiger partial charge in [-0.2, -0.15) is 0 Å². The first kappa shape index (κ1) is 15.3. The summed E-state index contributed by atoms with van der Waals surface area (Å²) in [5.74, 6) is 0.529. The van der Waals surface area contributed by atoms with Crippen molar-refractivity contribution in [3.05, 3.63) is 48.6 Å². The molecule has 1 aliphatic heterocycles. The van der Waals surface area contributed by atoms with Crippen molar-refractivity contribution in [1.82, 2.24) is 4.31 Å². The van der Waals surface area contributed by atoms with Crippen LogP contribution in [0.5, 0.6) is 0 Å². The molecule has 0 amide bonds. The highest BCUT2D eigenvalue weighted by molar-refractivity contribution is 7.89. The fourth-order valence-electron chi connectivity index (χ4n) is 2.78. The number of rotatable bonds is 6. The van der Waals surface area contributed by atoms with Gasteiger partial charge in [-0.3, -0.25) is 0 Å². The summed E-state index contributed by atoms with van der Waals surface area (Å²) in [4.78, 5) is 0. The molecule has 0 unspecified atom stereocenters. The molecule has 2 rings (SSSR count). The summed E-state index contributed by atoms with van der Waals surface area (Å²) >= 11 is 0. The van der Waals surface area contributed by atoms with Gasteiger partial charge in [0.05, 0.1) is 5.75 Å². The minimum Gasteiger partial charge on any atom is -0.212 e. The van der Waals surface area contributed by atoms with Crippen LogP contribution in [-0.2, 0) is 16.4 Å².